The minimum absolute atomic E-state index is 0. The van der Waals surface area contributed by atoms with Crippen molar-refractivity contribution in [2.45, 2.75) is 58.4 Å². The van der Waals surface area contributed by atoms with E-state index >= 15 is 0 Å². The first-order chi connectivity index (χ1) is 14.4. The molecule has 1 N–H and O–H groups in total. The minimum atomic E-state index is -0.0476. The number of nitrogens with one attached hydrogen (secondary N) is 1. The summed E-state index contributed by atoms with van der Waals surface area (Å²) in [5.74, 6) is 2.69. The zero-order valence-corrected chi connectivity index (χ0v) is 21.9. The third kappa shape index (κ3) is 7.62. The van der Waals surface area contributed by atoms with Gasteiger partial charge in [-0.1, -0.05) is 33.6 Å². The predicted molar refractivity (Wildman–Crippen MR) is 134 cm³/mol. The summed E-state index contributed by atoms with van der Waals surface area (Å²) in [7, 11) is 1.80. The molecule has 176 valence electrons. The molecule has 0 atom stereocenters. The summed E-state index contributed by atoms with van der Waals surface area (Å²) in [4.78, 5) is 28.0. The highest BCUT2D eigenvalue weighted by atomic mass is 127. The SMILES string of the molecule is CN=C(NCc1ncc(C(C)(C)C)o1)N1CCN(CC(=O)N2CCCCCC2)CC1.I. The molecule has 0 bridgehead atoms. The molecule has 2 fully saturated rings. The van der Waals surface area contributed by atoms with Crippen molar-refractivity contribution in [2.75, 3.05) is 52.9 Å². The van der Waals surface area contributed by atoms with Gasteiger partial charge in [-0.3, -0.25) is 14.7 Å². The lowest BCUT2D eigenvalue weighted by atomic mass is 9.94. The van der Waals surface area contributed by atoms with Crippen LogP contribution in [0.2, 0.25) is 0 Å². The fraction of sp³-hybridized carbons (Fsp3) is 0.773. The average molecular weight is 546 g/mol. The van der Waals surface area contributed by atoms with Crippen LogP contribution in [-0.4, -0.2) is 84.4 Å². The summed E-state index contributed by atoms with van der Waals surface area (Å²) in [6, 6.07) is 0. The average Bonchev–Trinajstić information content (AvgIpc) is 3.04. The van der Waals surface area contributed by atoms with Crippen LogP contribution in [0.5, 0.6) is 0 Å². The van der Waals surface area contributed by atoms with Crippen LogP contribution in [0.4, 0.5) is 0 Å². The maximum absolute atomic E-state index is 12.6. The van der Waals surface area contributed by atoms with Crippen molar-refractivity contribution in [1.82, 2.24) is 25.0 Å². The van der Waals surface area contributed by atoms with Crippen LogP contribution in [0.25, 0.3) is 0 Å². The van der Waals surface area contributed by atoms with E-state index in [-0.39, 0.29) is 35.3 Å². The minimum Gasteiger partial charge on any atom is -0.443 e. The topological polar surface area (TPSA) is 77.2 Å². The Labute approximate surface area is 203 Å². The molecule has 2 saturated heterocycles. The lowest BCUT2D eigenvalue weighted by Gasteiger charge is -2.36. The molecule has 0 aromatic carbocycles. The number of nitrogens with zero attached hydrogens (tertiary/aromatic N) is 5. The molecule has 0 aliphatic carbocycles. The zero-order chi connectivity index (χ0) is 21.6. The Morgan fingerprint density at radius 3 is 2.26 bits per heavy atom. The largest absolute Gasteiger partial charge is 0.443 e. The van der Waals surface area contributed by atoms with Crippen molar-refractivity contribution in [1.29, 1.82) is 0 Å². The van der Waals surface area contributed by atoms with Gasteiger partial charge >= 0.3 is 0 Å². The Morgan fingerprint density at radius 1 is 1.06 bits per heavy atom. The van der Waals surface area contributed by atoms with Crippen molar-refractivity contribution in [3.05, 3.63) is 17.8 Å². The Bertz CT molecular complexity index is 714. The molecule has 1 aromatic rings. The van der Waals surface area contributed by atoms with Crippen LogP contribution in [-0.2, 0) is 16.8 Å². The van der Waals surface area contributed by atoms with Gasteiger partial charge in [-0.05, 0) is 12.8 Å². The van der Waals surface area contributed by atoms with Gasteiger partial charge in [0.1, 0.15) is 5.76 Å². The third-order valence-electron chi connectivity index (χ3n) is 5.89. The normalized spacial score (nSPS) is 19.0. The lowest BCUT2D eigenvalue weighted by molar-refractivity contribution is -0.132. The van der Waals surface area contributed by atoms with Gasteiger partial charge in [0.25, 0.3) is 0 Å². The lowest BCUT2D eigenvalue weighted by Crippen LogP contribution is -2.54. The second kappa shape index (κ2) is 12.0. The maximum Gasteiger partial charge on any atom is 0.236 e. The molecule has 1 amide bonds. The summed E-state index contributed by atoms with van der Waals surface area (Å²) >= 11 is 0. The Hall–Kier alpha value is -1.36. The number of carbonyl (C=O) groups is 1. The quantitative estimate of drug-likeness (QED) is 0.356. The molecule has 0 unspecified atom stereocenters. The number of hydrogen-bond acceptors (Lipinski definition) is 5. The van der Waals surface area contributed by atoms with E-state index in [1.165, 1.54) is 12.8 Å². The van der Waals surface area contributed by atoms with Crippen LogP contribution in [0.1, 0.15) is 58.1 Å². The van der Waals surface area contributed by atoms with Gasteiger partial charge in [-0.2, -0.15) is 0 Å². The van der Waals surface area contributed by atoms with Crippen LogP contribution in [0.15, 0.2) is 15.6 Å². The molecule has 0 radical (unpaired) electrons. The highest BCUT2D eigenvalue weighted by Gasteiger charge is 2.24. The predicted octanol–water partition coefficient (Wildman–Crippen LogP) is 2.69. The zero-order valence-electron chi connectivity index (χ0n) is 19.5. The number of rotatable bonds is 4. The van der Waals surface area contributed by atoms with E-state index in [4.69, 9.17) is 4.42 Å². The van der Waals surface area contributed by atoms with E-state index in [0.717, 1.165) is 63.8 Å². The number of aliphatic imine (C=N–C) groups is 1. The molecule has 2 aliphatic rings. The van der Waals surface area contributed by atoms with Crippen molar-refractivity contribution in [3.63, 3.8) is 0 Å². The molecule has 3 heterocycles. The third-order valence-corrected chi connectivity index (χ3v) is 5.89. The highest BCUT2D eigenvalue weighted by molar-refractivity contribution is 14.0. The van der Waals surface area contributed by atoms with Crippen LogP contribution in [0.3, 0.4) is 0 Å². The number of hydrogen-bond donors (Lipinski definition) is 1. The number of amides is 1. The van der Waals surface area contributed by atoms with Gasteiger partial charge in [0, 0.05) is 51.7 Å². The summed E-state index contributed by atoms with van der Waals surface area (Å²) in [5, 5.41) is 3.36. The molecule has 8 nitrogen and oxygen atoms in total. The first kappa shape index (κ1) is 25.9. The van der Waals surface area contributed by atoms with E-state index in [9.17, 15) is 4.79 Å². The van der Waals surface area contributed by atoms with Gasteiger partial charge in [0.2, 0.25) is 11.8 Å². The highest BCUT2D eigenvalue weighted by Crippen LogP contribution is 2.22. The molecule has 0 saturated carbocycles. The number of likely N-dealkylation sites (tertiary alicyclic amines) is 1. The fourth-order valence-electron chi connectivity index (χ4n) is 3.95. The van der Waals surface area contributed by atoms with Gasteiger partial charge in [0.15, 0.2) is 5.96 Å². The first-order valence-electron chi connectivity index (χ1n) is 11.3. The number of piperazine rings is 1. The smallest absolute Gasteiger partial charge is 0.236 e. The van der Waals surface area contributed by atoms with Gasteiger partial charge in [-0.15, -0.1) is 24.0 Å². The van der Waals surface area contributed by atoms with Gasteiger partial charge < -0.3 is 19.5 Å². The van der Waals surface area contributed by atoms with Gasteiger partial charge in [0.05, 0.1) is 19.3 Å². The van der Waals surface area contributed by atoms with Crippen molar-refractivity contribution >= 4 is 35.8 Å². The van der Waals surface area contributed by atoms with E-state index < -0.39 is 0 Å². The van der Waals surface area contributed by atoms with E-state index in [1.54, 1.807) is 13.2 Å². The molecule has 2 aliphatic heterocycles. The van der Waals surface area contributed by atoms with Crippen molar-refractivity contribution < 1.29 is 9.21 Å². The van der Waals surface area contributed by atoms with Crippen molar-refractivity contribution in [2.24, 2.45) is 4.99 Å². The maximum atomic E-state index is 12.6. The summed E-state index contributed by atoms with van der Waals surface area (Å²) in [6.07, 6.45) is 6.59. The molecule has 9 heteroatoms. The molecule has 31 heavy (non-hydrogen) atoms. The van der Waals surface area contributed by atoms with E-state index in [1.807, 2.05) is 0 Å². The monoisotopic (exact) mass is 546 g/mol. The molecule has 3 rings (SSSR count). The second-order valence-electron chi connectivity index (χ2n) is 9.33. The molecular formula is C22H39IN6O2. The Kier molecular flexibility index (Phi) is 10.1. The number of carbonyl (C=O) groups excluding carboxylic acids is 1. The Morgan fingerprint density at radius 2 is 1.71 bits per heavy atom. The van der Waals surface area contributed by atoms with E-state index in [0.29, 0.717) is 19.0 Å². The number of halogens is 1. The van der Waals surface area contributed by atoms with Gasteiger partial charge in [-0.25, -0.2) is 4.98 Å². The summed E-state index contributed by atoms with van der Waals surface area (Å²) < 4.78 is 5.86. The number of oxazole rings is 1. The van der Waals surface area contributed by atoms with E-state index in [2.05, 4.69) is 50.8 Å². The molecular weight excluding hydrogens is 507 g/mol. The standard InChI is InChI=1S/C22H38N6O2.HI/c1-22(2,3)18-15-24-19(30-18)16-25-21(23-4)28-13-11-26(12-14-28)17-20(29)27-9-7-5-6-8-10-27;/h15H,5-14,16-17H2,1-4H3,(H,23,25);1H. The second-order valence-corrected chi connectivity index (χ2v) is 9.33. The van der Waals surface area contributed by atoms with Crippen molar-refractivity contribution in [3.8, 4) is 0 Å². The first-order valence-corrected chi connectivity index (χ1v) is 11.3. The number of aromatic nitrogens is 1. The van der Waals surface area contributed by atoms with Crippen LogP contribution in [0, 0.1) is 0 Å². The summed E-state index contributed by atoms with van der Waals surface area (Å²) in [5.41, 5.74) is -0.0476. The molecule has 1 aromatic heterocycles. The summed E-state index contributed by atoms with van der Waals surface area (Å²) in [6.45, 7) is 12.7. The fourth-order valence-corrected chi connectivity index (χ4v) is 3.95. The Balaban J connectivity index is 0.00000341. The van der Waals surface area contributed by atoms with Crippen LogP contribution < -0.4 is 5.32 Å². The molecule has 0 spiro atoms. The number of guanidine groups is 1. The van der Waals surface area contributed by atoms with Crippen LogP contribution >= 0.6 is 24.0 Å².